The molecule has 238 valence electrons. The highest BCUT2D eigenvalue weighted by molar-refractivity contribution is 14.1. The third kappa shape index (κ3) is 7.25. The molecule has 6 nitrogen and oxygen atoms in total. The Balaban J connectivity index is 1.54. The van der Waals surface area contributed by atoms with Crippen molar-refractivity contribution in [2.45, 2.75) is 19.6 Å². The predicted octanol–water partition coefficient (Wildman–Crippen LogP) is 8.84. The minimum atomic E-state index is -0.812. The molecule has 1 aliphatic rings. The van der Waals surface area contributed by atoms with Crippen molar-refractivity contribution >= 4 is 102 Å². The molecule has 0 aliphatic carbocycles. The number of nitrogens with zero attached hydrogens (tertiary/aromatic N) is 2. The maximum atomic E-state index is 14.4. The Morgan fingerprint density at radius 1 is 1.02 bits per heavy atom. The molecule has 0 fully saturated rings. The van der Waals surface area contributed by atoms with Crippen molar-refractivity contribution in [2.24, 2.45) is 4.99 Å². The molecular weight excluding hydrogens is 858 g/mol. The molecule has 2 heterocycles. The number of carbonyl (C=O) groups excluding carboxylic acids is 1. The van der Waals surface area contributed by atoms with E-state index in [-0.39, 0.29) is 24.3 Å². The first-order valence-electron chi connectivity index (χ1n) is 14.2. The van der Waals surface area contributed by atoms with Gasteiger partial charge in [-0.2, -0.15) is 0 Å². The van der Waals surface area contributed by atoms with Crippen molar-refractivity contribution in [3.8, 4) is 5.75 Å². The molecule has 0 unspecified atom stereocenters. The van der Waals surface area contributed by atoms with Gasteiger partial charge in [0.15, 0.2) is 4.80 Å². The monoisotopic (exact) mass is 878 g/mol. The zero-order chi connectivity index (χ0) is 33.2. The van der Waals surface area contributed by atoms with E-state index in [4.69, 9.17) is 49.3 Å². The third-order valence-electron chi connectivity index (χ3n) is 7.25. The number of hydrogen-bond acceptors (Lipinski definition) is 6. The van der Waals surface area contributed by atoms with Crippen LogP contribution in [0.1, 0.15) is 35.2 Å². The summed E-state index contributed by atoms with van der Waals surface area (Å²) in [6.45, 7) is 2.14. The quantitative estimate of drug-likeness (QED) is 0.116. The van der Waals surface area contributed by atoms with Crippen LogP contribution in [0.25, 0.3) is 11.8 Å². The number of halogens is 5. The van der Waals surface area contributed by atoms with Gasteiger partial charge in [-0.3, -0.25) is 9.36 Å². The van der Waals surface area contributed by atoms with Crippen molar-refractivity contribution in [3.63, 3.8) is 0 Å². The molecule has 0 saturated heterocycles. The molecule has 1 aliphatic heterocycles. The van der Waals surface area contributed by atoms with Crippen LogP contribution < -0.4 is 19.6 Å². The molecule has 47 heavy (non-hydrogen) atoms. The van der Waals surface area contributed by atoms with E-state index >= 15 is 0 Å². The summed E-state index contributed by atoms with van der Waals surface area (Å²) in [7, 11) is 0. The van der Waals surface area contributed by atoms with Crippen molar-refractivity contribution in [1.82, 2.24) is 4.57 Å². The second-order valence-corrected chi connectivity index (χ2v) is 14.7. The first-order valence-corrected chi connectivity index (χ1v) is 18.1. The Kier molecular flexibility index (Phi) is 10.6. The van der Waals surface area contributed by atoms with E-state index in [0.717, 1.165) is 19.2 Å². The van der Waals surface area contributed by atoms with Crippen molar-refractivity contribution in [2.75, 3.05) is 6.61 Å². The van der Waals surface area contributed by atoms with Crippen LogP contribution in [0.4, 0.5) is 0 Å². The van der Waals surface area contributed by atoms with Gasteiger partial charge in [-0.15, -0.1) is 0 Å². The standard InChI is InChI=1S/C35H23BrCl3IN2O4S/c1-2-45-34(44)29-30(20-6-4-3-5-7-20)41-35-42(31(29)21-9-11-24(37)12-10-21)33(43)28(47-35)16-22-15-23(36)17-27(40)32(22)46-18-19-8-13-25(38)26(39)14-19/h3-17,31H,2,18H2,1H3/b28-16-/t31-/m0/s1. The summed E-state index contributed by atoms with van der Waals surface area (Å²) in [6.07, 6.45) is 1.79. The Morgan fingerprint density at radius 3 is 2.47 bits per heavy atom. The molecule has 0 N–H and O–H groups in total. The molecule has 6 rings (SSSR count). The smallest absolute Gasteiger partial charge is 0.338 e. The number of aromatic nitrogens is 1. The number of carbonyl (C=O) groups is 1. The zero-order valence-corrected chi connectivity index (χ0v) is 31.3. The summed E-state index contributed by atoms with van der Waals surface area (Å²) in [4.78, 5) is 33.4. The molecule has 0 bridgehead atoms. The highest BCUT2D eigenvalue weighted by Crippen LogP contribution is 2.36. The van der Waals surface area contributed by atoms with Gasteiger partial charge in [-0.05, 0) is 83.1 Å². The summed E-state index contributed by atoms with van der Waals surface area (Å²) in [5, 5.41) is 1.43. The molecule has 0 spiro atoms. The van der Waals surface area contributed by atoms with E-state index in [0.29, 0.717) is 47.0 Å². The van der Waals surface area contributed by atoms with Crippen LogP contribution in [0.2, 0.25) is 15.1 Å². The minimum absolute atomic E-state index is 0.161. The van der Waals surface area contributed by atoms with Gasteiger partial charge in [-0.25, -0.2) is 9.79 Å². The van der Waals surface area contributed by atoms with Crippen LogP contribution in [0.5, 0.6) is 5.75 Å². The van der Waals surface area contributed by atoms with Gasteiger partial charge in [0.1, 0.15) is 12.4 Å². The number of ether oxygens (including phenoxy) is 2. The Morgan fingerprint density at radius 2 is 1.77 bits per heavy atom. The van der Waals surface area contributed by atoms with Gasteiger partial charge < -0.3 is 9.47 Å². The lowest BCUT2D eigenvalue weighted by Gasteiger charge is -2.26. The van der Waals surface area contributed by atoms with Crippen molar-refractivity contribution in [1.29, 1.82) is 0 Å². The first-order chi connectivity index (χ1) is 22.6. The van der Waals surface area contributed by atoms with Crippen LogP contribution in [0.15, 0.2) is 105 Å². The summed E-state index contributed by atoms with van der Waals surface area (Å²) in [5.74, 6) is 0.0426. The molecule has 0 radical (unpaired) electrons. The van der Waals surface area contributed by atoms with Crippen LogP contribution in [0.3, 0.4) is 0 Å². The molecule has 0 amide bonds. The van der Waals surface area contributed by atoms with E-state index in [2.05, 4.69) is 38.5 Å². The predicted molar refractivity (Wildman–Crippen MR) is 200 cm³/mol. The summed E-state index contributed by atoms with van der Waals surface area (Å²) >= 11 is 25.6. The lowest BCUT2D eigenvalue weighted by Crippen LogP contribution is -2.40. The van der Waals surface area contributed by atoms with Gasteiger partial charge in [0, 0.05) is 20.6 Å². The highest BCUT2D eigenvalue weighted by Gasteiger charge is 2.35. The number of esters is 1. The minimum Gasteiger partial charge on any atom is -0.487 e. The maximum absolute atomic E-state index is 14.4. The van der Waals surface area contributed by atoms with Gasteiger partial charge in [0.05, 0.1) is 42.1 Å². The third-order valence-corrected chi connectivity index (χ3v) is 10.5. The van der Waals surface area contributed by atoms with Crippen LogP contribution in [-0.4, -0.2) is 17.1 Å². The van der Waals surface area contributed by atoms with E-state index in [1.165, 1.54) is 11.3 Å². The Bertz CT molecular complexity index is 2220. The van der Waals surface area contributed by atoms with E-state index in [9.17, 15) is 9.59 Å². The molecule has 4 aromatic carbocycles. The fourth-order valence-corrected chi connectivity index (χ4v) is 8.31. The van der Waals surface area contributed by atoms with Gasteiger partial charge in [-0.1, -0.05) is 111 Å². The molecule has 0 saturated carbocycles. The number of rotatable bonds is 8. The van der Waals surface area contributed by atoms with Crippen LogP contribution in [0, 0.1) is 3.57 Å². The second-order valence-electron chi connectivity index (χ2n) is 10.3. The van der Waals surface area contributed by atoms with Crippen molar-refractivity contribution in [3.05, 3.63) is 156 Å². The van der Waals surface area contributed by atoms with Gasteiger partial charge >= 0.3 is 5.97 Å². The van der Waals surface area contributed by atoms with Crippen LogP contribution in [-0.2, 0) is 16.1 Å². The summed E-state index contributed by atoms with van der Waals surface area (Å²) in [5.41, 5.74) is 3.34. The lowest BCUT2D eigenvalue weighted by molar-refractivity contribution is -0.138. The summed E-state index contributed by atoms with van der Waals surface area (Å²) in [6, 6.07) is 24.8. The highest BCUT2D eigenvalue weighted by atomic mass is 127. The van der Waals surface area contributed by atoms with E-state index in [1.807, 2.05) is 60.7 Å². The van der Waals surface area contributed by atoms with Gasteiger partial charge in [0.2, 0.25) is 0 Å². The largest absolute Gasteiger partial charge is 0.487 e. The molecule has 1 aromatic heterocycles. The van der Waals surface area contributed by atoms with Gasteiger partial charge in [0.25, 0.3) is 5.56 Å². The Hall–Kier alpha value is -2.93. The number of fused-ring (bicyclic) bond motifs is 1. The fraction of sp³-hybridized carbons (Fsp3) is 0.114. The van der Waals surface area contributed by atoms with Crippen molar-refractivity contribution < 1.29 is 14.3 Å². The average molecular weight is 881 g/mol. The molecule has 1 atom stereocenters. The van der Waals surface area contributed by atoms with E-state index < -0.39 is 12.0 Å². The van der Waals surface area contributed by atoms with E-state index in [1.54, 1.807) is 41.8 Å². The summed E-state index contributed by atoms with van der Waals surface area (Å²) < 4.78 is 15.5. The molecule has 5 aromatic rings. The number of hydrogen-bond donors (Lipinski definition) is 0. The maximum Gasteiger partial charge on any atom is 0.338 e. The number of thiazole rings is 1. The lowest BCUT2D eigenvalue weighted by atomic mass is 9.93. The average Bonchev–Trinajstić information content (AvgIpc) is 3.36. The SMILES string of the molecule is CCOC(=O)C1=C(c2ccccc2)N=c2s/c(=C\c3cc(Br)cc(I)c3OCc3ccc(Cl)c(Cl)c3)c(=O)n2[C@H]1c1ccc(Cl)cc1. The normalized spacial score (nSPS) is 14.5. The Labute approximate surface area is 311 Å². The zero-order valence-electron chi connectivity index (χ0n) is 24.5. The molecule has 12 heteroatoms. The topological polar surface area (TPSA) is 69.9 Å². The first kappa shape index (κ1) is 34.0. The molecular formula is C35H23BrCl3IN2O4S. The van der Waals surface area contributed by atoms with Crippen LogP contribution >= 0.6 is 84.7 Å². The second kappa shape index (κ2) is 14.7. The fourth-order valence-electron chi connectivity index (χ4n) is 5.17. The number of benzene rings is 4.